The van der Waals surface area contributed by atoms with Gasteiger partial charge in [-0.3, -0.25) is 0 Å². The second-order valence-corrected chi connectivity index (χ2v) is 8.09. The van der Waals surface area contributed by atoms with Gasteiger partial charge in [0.25, 0.3) is 10.0 Å². The first-order valence-corrected chi connectivity index (χ1v) is 10.2. The topological polar surface area (TPSA) is 98.7 Å². The van der Waals surface area contributed by atoms with E-state index in [4.69, 9.17) is 23.2 Å². The van der Waals surface area contributed by atoms with Crippen molar-refractivity contribution in [3.05, 3.63) is 52.5 Å². The summed E-state index contributed by atoms with van der Waals surface area (Å²) >= 11 is 11.7. The van der Waals surface area contributed by atoms with Crippen molar-refractivity contribution in [3.8, 4) is 0 Å². The monoisotopic (exact) mass is 431 g/mol. The Morgan fingerprint density at radius 2 is 1.81 bits per heavy atom. The zero-order chi connectivity index (χ0) is 20.2. The van der Waals surface area contributed by atoms with Gasteiger partial charge >= 0.3 is 6.03 Å². The van der Waals surface area contributed by atoms with E-state index in [1.54, 1.807) is 36.1 Å². The number of aliphatic hydroxyl groups excluding tert-OH is 1. The molecule has 0 saturated carbocycles. The van der Waals surface area contributed by atoms with Gasteiger partial charge in [-0.25, -0.2) is 17.9 Å². The van der Waals surface area contributed by atoms with Crippen LogP contribution in [-0.4, -0.2) is 32.3 Å². The van der Waals surface area contributed by atoms with Gasteiger partial charge in [-0.2, -0.15) is 0 Å². The van der Waals surface area contributed by atoms with Crippen molar-refractivity contribution in [2.24, 2.45) is 0 Å². The molecule has 2 aromatic rings. The summed E-state index contributed by atoms with van der Waals surface area (Å²) < 4.78 is 26.5. The molecule has 7 nitrogen and oxygen atoms in total. The zero-order valence-corrected chi connectivity index (χ0v) is 16.9. The number of urea groups is 1. The summed E-state index contributed by atoms with van der Waals surface area (Å²) in [5.41, 5.74) is 1.14. The van der Waals surface area contributed by atoms with Crippen molar-refractivity contribution in [1.82, 2.24) is 4.72 Å². The molecule has 0 aliphatic rings. The predicted molar refractivity (Wildman–Crippen MR) is 107 cm³/mol. The number of sulfonamides is 1. The lowest BCUT2D eigenvalue weighted by Gasteiger charge is -2.26. The first-order valence-electron chi connectivity index (χ1n) is 7.97. The maximum absolute atomic E-state index is 12.3. The Balaban J connectivity index is 2.10. The van der Waals surface area contributed by atoms with Crippen molar-refractivity contribution in [2.75, 3.05) is 16.8 Å². The average Bonchev–Trinajstić information content (AvgIpc) is 2.58. The Labute approximate surface area is 167 Å². The van der Waals surface area contributed by atoms with E-state index >= 15 is 0 Å². The highest BCUT2D eigenvalue weighted by Gasteiger charge is 2.21. The number of nitrogens with one attached hydrogen (secondary N) is 2. The lowest BCUT2D eigenvalue weighted by molar-refractivity contribution is 0.190. The summed E-state index contributed by atoms with van der Waals surface area (Å²) in [5, 5.41) is 12.3. The van der Waals surface area contributed by atoms with Gasteiger partial charge in [0.15, 0.2) is 0 Å². The number of hydrogen-bond donors (Lipinski definition) is 3. The molecule has 1 atom stereocenters. The van der Waals surface area contributed by atoms with Crippen molar-refractivity contribution >= 4 is 50.6 Å². The van der Waals surface area contributed by atoms with Crippen LogP contribution in [0.2, 0.25) is 10.0 Å². The third kappa shape index (κ3) is 5.49. The van der Waals surface area contributed by atoms with Crippen LogP contribution >= 0.6 is 23.2 Å². The van der Waals surface area contributed by atoms with E-state index in [2.05, 4.69) is 5.32 Å². The third-order valence-electron chi connectivity index (χ3n) is 3.66. The van der Waals surface area contributed by atoms with Crippen molar-refractivity contribution in [2.45, 2.75) is 25.0 Å². The minimum absolute atomic E-state index is 0.0539. The molecule has 0 aliphatic heterocycles. The first kappa shape index (κ1) is 21.3. The van der Waals surface area contributed by atoms with Gasteiger partial charge in [0, 0.05) is 22.9 Å². The molecule has 2 amide bonds. The number of carbonyl (C=O) groups excluding carboxylic acids is 1. The number of carbonyl (C=O) groups is 1. The predicted octanol–water partition coefficient (Wildman–Crippen LogP) is 3.67. The van der Waals surface area contributed by atoms with Gasteiger partial charge in [-0.15, -0.1) is 0 Å². The highest BCUT2D eigenvalue weighted by molar-refractivity contribution is 7.90. The molecule has 0 heterocycles. The average molecular weight is 432 g/mol. The molecule has 0 radical (unpaired) electrons. The standard InChI is InChI=1S/C17H19Cl2N3O4S/c1-3-22(11(2)23)14-7-5-13(6-8-14)20-17(24)21-27(25,26)16-10-12(18)4-9-15(16)19/h4-11,23H,3H2,1-2H3,(H2,20,21,24). The van der Waals surface area contributed by atoms with Gasteiger partial charge in [-0.1, -0.05) is 23.2 Å². The Hall–Kier alpha value is -2.00. The minimum atomic E-state index is -4.19. The van der Waals surface area contributed by atoms with Gasteiger partial charge in [0.1, 0.15) is 11.1 Å². The number of nitrogens with zero attached hydrogens (tertiary/aromatic N) is 1. The maximum atomic E-state index is 12.3. The van der Waals surface area contributed by atoms with Crippen LogP contribution in [0.25, 0.3) is 0 Å². The van der Waals surface area contributed by atoms with Crippen LogP contribution in [-0.2, 0) is 10.0 Å². The van der Waals surface area contributed by atoms with E-state index in [0.29, 0.717) is 12.2 Å². The smallest absolute Gasteiger partial charge is 0.333 e. The van der Waals surface area contributed by atoms with Crippen LogP contribution < -0.4 is 14.9 Å². The Kier molecular flexibility index (Phi) is 6.94. The molecule has 2 aromatic carbocycles. The molecule has 0 fully saturated rings. The van der Waals surface area contributed by atoms with Crippen LogP contribution in [0, 0.1) is 0 Å². The second kappa shape index (κ2) is 8.79. The van der Waals surface area contributed by atoms with Gasteiger partial charge in [0.2, 0.25) is 0 Å². The fourth-order valence-corrected chi connectivity index (χ4v) is 4.09. The SMILES string of the molecule is CCN(c1ccc(NC(=O)NS(=O)(=O)c2cc(Cl)ccc2Cl)cc1)C(C)O. The molecule has 1 unspecified atom stereocenters. The van der Waals surface area contributed by atoms with E-state index in [-0.39, 0.29) is 14.9 Å². The maximum Gasteiger partial charge on any atom is 0.333 e. The summed E-state index contributed by atoms with van der Waals surface area (Å²) in [5.74, 6) is 0. The number of hydrogen-bond acceptors (Lipinski definition) is 5. The largest absolute Gasteiger partial charge is 0.374 e. The number of halogens is 2. The van der Waals surface area contributed by atoms with E-state index < -0.39 is 22.3 Å². The molecule has 3 N–H and O–H groups in total. The summed E-state index contributed by atoms with van der Waals surface area (Å²) in [4.78, 5) is 13.5. The first-order chi connectivity index (χ1) is 12.6. The fraction of sp³-hybridized carbons (Fsp3) is 0.235. The van der Waals surface area contributed by atoms with Crippen molar-refractivity contribution in [1.29, 1.82) is 0 Å². The molecular formula is C17H19Cl2N3O4S. The molecule has 10 heteroatoms. The number of amides is 2. The van der Waals surface area contributed by atoms with Gasteiger partial charge in [-0.05, 0) is 56.3 Å². The molecule has 146 valence electrons. The zero-order valence-electron chi connectivity index (χ0n) is 14.6. The third-order valence-corrected chi connectivity index (χ3v) is 5.71. The molecule has 0 aliphatic carbocycles. The molecular weight excluding hydrogens is 413 g/mol. The Bertz CT molecular complexity index is 918. The van der Waals surface area contributed by atoms with Crippen LogP contribution in [0.4, 0.5) is 16.2 Å². The van der Waals surface area contributed by atoms with E-state index in [1.807, 2.05) is 11.6 Å². The molecule has 27 heavy (non-hydrogen) atoms. The summed E-state index contributed by atoms with van der Waals surface area (Å²) in [7, 11) is -4.19. The van der Waals surface area contributed by atoms with Crippen molar-refractivity contribution in [3.63, 3.8) is 0 Å². The van der Waals surface area contributed by atoms with E-state index in [0.717, 1.165) is 11.8 Å². The number of benzene rings is 2. The summed E-state index contributed by atoms with van der Waals surface area (Å²) in [6, 6.07) is 9.58. The normalized spacial score (nSPS) is 12.3. The molecule has 0 spiro atoms. The second-order valence-electron chi connectivity index (χ2n) is 5.60. The molecule has 0 bridgehead atoms. The van der Waals surface area contributed by atoms with Crippen LogP contribution in [0.5, 0.6) is 0 Å². The van der Waals surface area contributed by atoms with E-state index in [9.17, 15) is 18.3 Å². The van der Waals surface area contributed by atoms with Gasteiger partial charge < -0.3 is 15.3 Å². The number of anilines is 2. The van der Waals surface area contributed by atoms with Gasteiger partial charge in [0.05, 0.1) is 5.02 Å². The highest BCUT2D eigenvalue weighted by Crippen LogP contribution is 2.25. The number of aliphatic hydroxyl groups is 1. The summed E-state index contributed by atoms with van der Waals surface area (Å²) in [6.45, 7) is 4.15. The summed E-state index contributed by atoms with van der Waals surface area (Å²) in [6.07, 6.45) is -0.662. The Morgan fingerprint density at radius 3 is 2.37 bits per heavy atom. The highest BCUT2D eigenvalue weighted by atomic mass is 35.5. The van der Waals surface area contributed by atoms with Crippen LogP contribution in [0.3, 0.4) is 0 Å². The molecule has 2 rings (SSSR count). The van der Waals surface area contributed by atoms with E-state index in [1.165, 1.54) is 12.1 Å². The van der Waals surface area contributed by atoms with Crippen LogP contribution in [0.15, 0.2) is 47.4 Å². The fourth-order valence-electron chi connectivity index (χ4n) is 2.42. The lowest BCUT2D eigenvalue weighted by Crippen LogP contribution is -2.34. The Morgan fingerprint density at radius 1 is 1.19 bits per heavy atom. The van der Waals surface area contributed by atoms with Crippen molar-refractivity contribution < 1.29 is 18.3 Å². The molecule has 0 saturated heterocycles. The lowest BCUT2D eigenvalue weighted by atomic mass is 10.2. The number of rotatable bonds is 6. The quantitative estimate of drug-likeness (QED) is 0.605. The molecule has 0 aromatic heterocycles. The minimum Gasteiger partial charge on any atom is -0.374 e. The van der Waals surface area contributed by atoms with Crippen LogP contribution in [0.1, 0.15) is 13.8 Å².